The molecule has 1 N–H and O–H groups in total. The summed E-state index contributed by atoms with van der Waals surface area (Å²) < 4.78 is 33.0. The molecule has 152 valence electrons. The van der Waals surface area contributed by atoms with Crippen LogP contribution in [0.15, 0.2) is 52.1 Å². The van der Waals surface area contributed by atoms with Crippen molar-refractivity contribution in [3.63, 3.8) is 0 Å². The van der Waals surface area contributed by atoms with Crippen LogP contribution in [0.5, 0.6) is 0 Å². The molecule has 0 unspecified atom stereocenters. The first-order valence-electron chi connectivity index (χ1n) is 9.60. The number of sulfonamides is 1. The average Bonchev–Trinajstić information content (AvgIpc) is 3.20. The molecule has 0 atom stereocenters. The first-order chi connectivity index (χ1) is 14.0. The molecule has 2 aromatic heterocycles. The monoisotopic (exact) mass is 413 g/mol. The summed E-state index contributed by atoms with van der Waals surface area (Å²) in [7, 11) is -3.68. The summed E-state index contributed by atoms with van der Waals surface area (Å²) in [5, 5.41) is 0. The molecule has 9 heteroatoms. The summed E-state index contributed by atoms with van der Waals surface area (Å²) in [6.45, 7) is 3.74. The van der Waals surface area contributed by atoms with E-state index in [0.29, 0.717) is 17.4 Å². The van der Waals surface area contributed by atoms with E-state index in [0.717, 1.165) is 37.3 Å². The van der Waals surface area contributed by atoms with Crippen molar-refractivity contribution in [1.82, 2.24) is 19.7 Å². The highest BCUT2D eigenvalue weighted by Gasteiger charge is 2.17. The van der Waals surface area contributed by atoms with Crippen LogP contribution in [0.3, 0.4) is 0 Å². The minimum atomic E-state index is -3.68. The van der Waals surface area contributed by atoms with Gasteiger partial charge in [-0.3, -0.25) is 0 Å². The number of anilines is 1. The van der Waals surface area contributed by atoms with E-state index in [2.05, 4.69) is 24.6 Å². The van der Waals surface area contributed by atoms with Crippen LogP contribution in [0.25, 0.3) is 11.3 Å². The Kier molecular flexibility index (Phi) is 5.59. The van der Waals surface area contributed by atoms with Crippen molar-refractivity contribution in [1.29, 1.82) is 0 Å². The fourth-order valence-electron chi connectivity index (χ4n) is 3.32. The molecule has 1 aliphatic heterocycles. The molecule has 3 heterocycles. The molecule has 4 rings (SSSR count). The number of rotatable bonds is 6. The Hall–Kier alpha value is -2.78. The number of piperidine rings is 1. The minimum Gasteiger partial charge on any atom is -0.449 e. The highest BCUT2D eigenvalue weighted by atomic mass is 32.2. The molecule has 1 fully saturated rings. The standard InChI is InChI=1S/C20H23N5O3S/c1-15-23-18(14-28-15)16-5-7-17(8-6-16)29(26,27)22-13-19-21-10-9-20(24-19)25-11-3-2-4-12-25/h5-10,14,22H,2-4,11-13H2,1H3. The third kappa shape index (κ3) is 4.63. The average molecular weight is 414 g/mol. The van der Waals surface area contributed by atoms with Crippen LogP contribution >= 0.6 is 0 Å². The molecule has 1 saturated heterocycles. The predicted molar refractivity (Wildman–Crippen MR) is 109 cm³/mol. The predicted octanol–water partition coefficient (Wildman–Crippen LogP) is 2.91. The molecule has 0 saturated carbocycles. The topological polar surface area (TPSA) is 101 Å². The molecule has 0 radical (unpaired) electrons. The summed E-state index contributed by atoms with van der Waals surface area (Å²) in [4.78, 5) is 15.4. The normalized spacial score (nSPS) is 14.9. The first kappa shape index (κ1) is 19.5. The van der Waals surface area contributed by atoms with Gasteiger partial charge >= 0.3 is 0 Å². The minimum absolute atomic E-state index is 0.0360. The SMILES string of the molecule is Cc1nc(-c2ccc(S(=O)(=O)NCc3nccc(N4CCCCC4)n3)cc2)co1. The van der Waals surface area contributed by atoms with E-state index in [1.807, 2.05) is 6.07 Å². The molecule has 1 aliphatic rings. The lowest BCUT2D eigenvalue weighted by Crippen LogP contribution is -2.31. The third-order valence-electron chi connectivity index (χ3n) is 4.87. The fraction of sp³-hybridized carbons (Fsp3) is 0.350. The zero-order chi connectivity index (χ0) is 20.3. The van der Waals surface area contributed by atoms with Crippen molar-refractivity contribution in [2.75, 3.05) is 18.0 Å². The van der Waals surface area contributed by atoms with Gasteiger partial charge in [0.2, 0.25) is 10.0 Å². The quantitative estimate of drug-likeness (QED) is 0.663. The Morgan fingerprint density at radius 2 is 1.83 bits per heavy atom. The van der Waals surface area contributed by atoms with E-state index in [1.54, 1.807) is 43.6 Å². The molecular weight excluding hydrogens is 390 g/mol. The van der Waals surface area contributed by atoms with Crippen molar-refractivity contribution < 1.29 is 12.8 Å². The fourth-order valence-corrected chi connectivity index (χ4v) is 4.30. The molecule has 0 spiro atoms. The molecule has 29 heavy (non-hydrogen) atoms. The van der Waals surface area contributed by atoms with Gasteiger partial charge in [0, 0.05) is 31.8 Å². The number of nitrogens with zero attached hydrogens (tertiary/aromatic N) is 4. The van der Waals surface area contributed by atoms with Crippen LogP contribution in [0, 0.1) is 6.92 Å². The molecule has 0 aliphatic carbocycles. The van der Waals surface area contributed by atoms with Crippen molar-refractivity contribution in [3.05, 3.63) is 54.5 Å². The van der Waals surface area contributed by atoms with Gasteiger partial charge in [0.05, 0.1) is 11.4 Å². The van der Waals surface area contributed by atoms with Gasteiger partial charge in [0.25, 0.3) is 0 Å². The molecular formula is C20H23N5O3S. The van der Waals surface area contributed by atoms with E-state index in [4.69, 9.17) is 4.42 Å². The number of aromatic nitrogens is 3. The van der Waals surface area contributed by atoms with Crippen LogP contribution in [-0.2, 0) is 16.6 Å². The third-order valence-corrected chi connectivity index (χ3v) is 6.29. The van der Waals surface area contributed by atoms with E-state index in [9.17, 15) is 8.42 Å². The van der Waals surface area contributed by atoms with Crippen molar-refractivity contribution in [2.24, 2.45) is 0 Å². The van der Waals surface area contributed by atoms with Gasteiger partial charge in [-0.05, 0) is 37.5 Å². The second-order valence-electron chi connectivity index (χ2n) is 6.98. The lowest BCUT2D eigenvalue weighted by molar-refractivity contribution is 0.521. The van der Waals surface area contributed by atoms with Crippen LogP contribution in [0.1, 0.15) is 31.0 Å². The zero-order valence-electron chi connectivity index (χ0n) is 16.2. The van der Waals surface area contributed by atoms with Gasteiger partial charge < -0.3 is 9.32 Å². The number of hydrogen-bond acceptors (Lipinski definition) is 7. The summed E-state index contributed by atoms with van der Waals surface area (Å²) in [6, 6.07) is 8.38. The maximum atomic E-state index is 12.6. The Morgan fingerprint density at radius 3 is 2.52 bits per heavy atom. The van der Waals surface area contributed by atoms with Crippen LogP contribution in [0.4, 0.5) is 5.82 Å². The van der Waals surface area contributed by atoms with E-state index < -0.39 is 10.0 Å². The maximum Gasteiger partial charge on any atom is 0.240 e. The summed E-state index contributed by atoms with van der Waals surface area (Å²) in [6.07, 6.45) is 6.76. The van der Waals surface area contributed by atoms with Gasteiger partial charge in [0.1, 0.15) is 23.6 Å². The summed E-state index contributed by atoms with van der Waals surface area (Å²) in [5.74, 6) is 1.86. The van der Waals surface area contributed by atoms with Gasteiger partial charge in [0.15, 0.2) is 5.89 Å². The summed E-state index contributed by atoms with van der Waals surface area (Å²) >= 11 is 0. The highest BCUT2D eigenvalue weighted by Crippen LogP contribution is 2.21. The lowest BCUT2D eigenvalue weighted by Gasteiger charge is -2.27. The van der Waals surface area contributed by atoms with E-state index in [-0.39, 0.29) is 11.4 Å². The Labute approximate surface area is 170 Å². The second kappa shape index (κ2) is 8.30. The second-order valence-corrected chi connectivity index (χ2v) is 8.75. The molecule has 8 nitrogen and oxygen atoms in total. The number of nitrogens with one attached hydrogen (secondary N) is 1. The molecule has 1 aromatic carbocycles. The van der Waals surface area contributed by atoms with Crippen molar-refractivity contribution in [2.45, 2.75) is 37.6 Å². The molecule has 3 aromatic rings. The Morgan fingerprint density at radius 1 is 1.07 bits per heavy atom. The van der Waals surface area contributed by atoms with Gasteiger partial charge in [-0.1, -0.05) is 12.1 Å². The number of oxazole rings is 1. The smallest absolute Gasteiger partial charge is 0.240 e. The first-order valence-corrected chi connectivity index (χ1v) is 11.1. The van der Waals surface area contributed by atoms with Gasteiger partial charge in [-0.2, -0.15) is 0 Å². The lowest BCUT2D eigenvalue weighted by atomic mass is 10.1. The zero-order valence-corrected chi connectivity index (χ0v) is 17.0. The maximum absolute atomic E-state index is 12.6. The van der Waals surface area contributed by atoms with E-state index in [1.165, 1.54) is 6.42 Å². The van der Waals surface area contributed by atoms with E-state index >= 15 is 0 Å². The number of hydrogen-bond donors (Lipinski definition) is 1. The molecule has 0 amide bonds. The largest absolute Gasteiger partial charge is 0.449 e. The number of aryl methyl sites for hydroxylation is 1. The van der Waals surface area contributed by atoms with Crippen molar-refractivity contribution >= 4 is 15.8 Å². The van der Waals surface area contributed by atoms with Gasteiger partial charge in [-0.15, -0.1) is 0 Å². The Balaban J connectivity index is 1.43. The number of benzene rings is 1. The summed E-state index contributed by atoms with van der Waals surface area (Å²) in [5.41, 5.74) is 1.46. The Bertz CT molecular complexity index is 1070. The van der Waals surface area contributed by atoms with Crippen molar-refractivity contribution in [3.8, 4) is 11.3 Å². The van der Waals surface area contributed by atoms with Crippen LogP contribution in [-0.4, -0.2) is 36.5 Å². The van der Waals surface area contributed by atoms with Crippen LogP contribution < -0.4 is 9.62 Å². The van der Waals surface area contributed by atoms with Crippen LogP contribution in [0.2, 0.25) is 0 Å². The highest BCUT2D eigenvalue weighted by molar-refractivity contribution is 7.89. The molecule has 0 bridgehead atoms. The van der Waals surface area contributed by atoms with Gasteiger partial charge in [-0.25, -0.2) is 28.1 Å².